The van der Waals surface area contributed by atoms with Gasteiger partial charge in [-0.1, -0.05) is 17.0 Å². The van der Waals surface area contributed by atoms with Crippen LogP contribution in [0.2, 0.25) is 0 Å². The molecule has 0 fully saturated rings. The van der Waals surface area contributed by atoms with Crippen molar-refractivity contribution in [1.29, 1.82) is 0 Å². The van der Waals surface area contributed by atoms with Gasteiger partial charge in [-0.25, -0.2) is 0 Å². The molecule has 4 heteroatoms. The summed E-state index contributed by atoms with van der Waals surface area (Å²) in [4.78, 5) is 6.88. The van der Waals surface area contributed by atoms with Crippen molar-refractivity contribution >= 4 is 0 Å². The molecule has 0 N–H and O–H groups in total. The van der Waals surface area contributed by atoms with E-state index in [2.05, 4.69) is 26.9 Å². The van der Waals surface area contributed by atoms with E-state index in [1.165, 1.54) is 0 Å². The average molecular weight is 186 g/mol. The third kappa shape index (κ3) is 2.81. The van der Waals surface area contributed by atoms with Crippen LogP contribution in [-0.2, 0) is 0 Å². The van der Waals surface area contributed by atoms with Gasteiger partial charge in [-0.3, -0.25) is 4.98 Å². The molecule has 1 heterocycles. The molecule has 0 aliphatic heterocycles. The molecular weight excluding hydrogens is 176 g/mol. The highest BCUT2D eigenvalue weighted by Gasteiger charge is 1.94. The Bertz CT molecular complexity index is 433. The monoisotopic (exact) mass is 186 g/mol. The number of hydrogen-bond donors (Lipinski definition) is 0. The van der Waals surface area contributed by atoms with Gasteiger partial charge in [0.15, 0.2) is 0 Å². The molecule has 0 spiro atoms. The smallest absolute Gasteiger partial charge is 0.0880 e. The molecule has 1 aromatic rings. The number of rotatable bonds is 1. The predicted octanol–water partition coefficient (Wildman–Crippen LogP) is 2.36. The summed E-state index contributed by atoms with van der Waals surface area (Å²) in [5, 5.41) is 3.32. The zero-order valence-corrected chi connectivity index (χ0v) is 8.15. The van der Waals surface area contributed by atoms with E-state index in [0.717, 1.165) is 17.0 Å². The van der Waals surface area contributed by atoms with Crippen molar-refractivity contribution in [2.24, 2.45) is 5.11 Å². The van der Waals surface area contributed by atoms with Gasteiger partial charge in [0.05, 0.1) is 12.2 Å². The Morgan fingerprint density at radius 1 is 1.50 bits per heavy atom. The van der Waals surface area contributed by atoms with E-state index in [1.54, 1.807) is 0 Å². The Labute approximate surface area is 82.6 Å². The zero-order chi connectivity index (χ0) is 10.4. The van der Waals surface area contributed by atoms with Gasteiger partial charge < -0.3 is 0 Å². The van der Waals surface area contributed by atoms with Crippen LogP contribution < -0.4 is 0 Å². The van der Waals surface area contributed by atoms with Gasteiger partial charge in [-0.05, 0) is 31.5 Å². The molecule has 0 bridgehead atoms. The van der Waals surface area contributed by atoms with Crippen molar-refractivity contribution in [3.05, 3.63) is 39.5 Å². The van der Waals surface area contributed by atoms with Crippen molar-refractivity contribution in [1.82, 2.24) is 4.98 Å². The minimum Gasteiger partial charge on any atom is -0.257 e. The molecule has 0 saturated heterocycles. The lowest BCUT2D eigenvalue weighted by Crippen LogP contribution is -1.89. The Hall–Kier alpha value is -1.98. The number of azide groups is 1. The lowest BCUT2D eigenvalue weighted by molar-refractivity contribution is 1.11. The second-order valence-corrected chi connectivity index (χ2v) is 2.78. The largest absolute Gasteiger partial charge is 0.257 e. The molecule has 0 aliphatic rings. The van der Waals surface area contributed by atoms with E-state index in [4.69, 9.17) is 5.53 Å². The summed E-state index contributed by atoms with van der Waals surface area (Å²) < 4.78 is 0. The normalized spacial score (nSPS) is 8.43. The molecule has 0 saturated carbocycles. The molecule has 1 rings (SSSR count). The van der Waals surface area contributed by atoms with Crippen molar-refractivity contribution < 1.29 is 0 Å². The van der Waals surface area contributed by atoms with Crippen molar-refractivity contribution in [2.75, 3.05) is 6.54 Å². The van der Waals surface area contributed by atoms with Gasteiger partial charge in [-0.2, -0.15) is 0 Å². The van der Waals surface area contributed by atoms with Gasteiger partial charge in [0.25, 0.3) is 0 Å². The van der Waals surface area contributed by atoms with E-state index in [9.17, 15) is 0 Å². The average Bonchev–Trinajstić information content (AvgIpc) is 2.15. The van der Waals surface area contributed by atoms with Crippen LogP contribution in [0.4, 0.5) is 0 Å². The van der Waals surface area contributed by atoms with Crippen LogP contribution in [0, 0.1) is 25.7 Å². The summed E-state index contributed by atoms with van der Waals surface area (Å²) in [5.41, 5.74) is 10.8. The topological polar surface area (TPSA) is 61.7 Å². The first-order valence-electron chi connectivity index (χ1n) is 4.18. The van der Waals surface area contributed by atoms with E-state index in [0.29, 0.717) is 0 Å². The number of nitrogens with zero attached hydrogens (tertiary/aromatic N) is 4. The SMILES string of the molecule is Cc1ccc(C#CCN=[N+]=[N-])c(C)n1. The second-order valence-electron chi connectivity index (χ2n) is 2.78. The molecule has 0 atom stereocenters. The Morgan fingerprint density at radius 3 is 2.93 bits per heavy atom. The number of aromatic nitrogens is 1. The molecule has 0 unspecified atom stereocenters. The highest BCUT2D eigenvalue weighted by Crippen LogP contribution is 2.03. The molecule has 0 amide bonds. The molecule has 70 valence electrons. The maximum Gasteiger partial charge on any atom is 0.0880 e. The first kappa shape index (κ1) is 10.1. The molecule has 4 nitrogen and oxygen atoms in total. The highest BCUT2D eigenvalue weighted by atomic mass is 15.1. The van der Waals surface area contributed by atoms with E-state index in [-0.39, 0.29) is 6.54 Å². The van der Waals surface area contributed by atoms with Gasteiger partial charge in [0.1, 0.15) is 0 Å². The van der Waals surface area contributed by atoms with E-state index < -0.39 is 0 Å². The van der Waals surface area contributed by atoms with Crippen LogP contribution in [0.25, 0.3) is 10.4 Å². The molecule has 0 radical (unpaired) electrons. The van der Waals surface area contributed by atoms with Crippen LogP contribution in [0.1, 0.15) is 17.0 Å². The fourth-order valence-corrected chi connectivity index (χ4v) is 1.02. The highest BCUT2D eigenvalue weighted by molar-refractivity contribution is 5.38. The molecule has 0 aliphatic carbocycles. The van der Waals surface area contributed by atoms with Crippen molar-refractivity contribution in [3.63, 3.8) is 0 Å². The van der Waals surface area contributed by atoms with Gasteiger partial charge in [-0.15, -0.1) is 0 Å². The Kier molecular flexibility index (Phi) is 3.54. The fraction of sp³-hybridized carbons (Fsp3) is 0.300. The quantitative estimate of drug-likeness (QED) is 0.287. The van der Waals surface area contributed by atoms with E-state index in [1.807, 2.05) is 26.0 Å². The van der Waals surface area contributed by atoms with Crippen molar-refractivity contribution in [3.8, 4) is 11.8 Å². The van der Waals surface area contributed by atoms with Gasteiger partial charge in [0.2, 0.25) is 0 Å². The third-order valence-corrected chi connectivity index (χ3v) is 1.66. The minimum absolute atomic E-state index is 0.198. The molecular formula is C10H10N4. The first-order chi connectivity index (χ1) is 6.74. The van der Waals surface area contributed by atoms with Crippen LogP contribution in [0.15, 0.2) is 17.2 Å². The van der Waals surface area contributed by atoms with Crippen LogP contribution in [-0.4, -0.2) is 11.5 Å². The predicted molar refractivity (Wildman–Crippen MR) is 54.6 cm³/mol. The first-order valence-corrected chi connectivity index (χ1v) is 4.18. The summed E-state index contributed by atoms with van der Waals surface area (Å²) in [7, 11) is 0. The fourth-order valence-electron chi connectivity index (χ4n) is 1.02. The lowest BCUT2D eigenvalue weighted by Gasteiger charge is -1.97. The second kappa shape index (κ2) is 4.90. The Balaban J connectivity index is 2.84. The van der Waals surface area contributed by atoms with Crippen LogP contribution in [0.5, 0.6) is 0 Å². The zero-order valence-electron chi connectivity index (χ0n) is 8.15. The third-order valence-electron chi connectivity index (χ3n) is 1.66. The summed E-state index contributed by atoms with van der Waals surface area (Å²) >= 11 is 0. The van der Waals surface area contributed by atoms with E-state index >= 15 is 0 Å². The maximum absolute atomic E-state index is 8.03. The summed E-state index contributed by atoms with van der Waals surface area (Å²) in [5.74, 6) is 5.65. The van der Waals surface area contributed by atoms with Gasteiger partial charge >= 0.3 is 0 Å². The Morgan fingerprint density at radius 2 is 2.29 bits per heavy atom. The standard InChI is InChI=1S/C10H10N4/c1-8-5-6-10(9(2)13-8)4-3-7-12-14-11/h5-6H,7H2,1-2H3. The maximum atomic E-state index is 8.03. The number of hydrogen-bond acceptors (Lipinski definition) is 2. The van der Waals surface area contributed by atoms with Gasteiger partial charge in [0, 0.05) is 16.2 Å². The number of pyridine rings is 1. The summed E-state index contributed by atoms with van der Waals surface area (Å²) in [6.07, 6.45) is 0. The minimum atomic E-state index is 0.198. The summed E-state index contributed by atoms with van der Waals surface area (Å²) in [6.45, 7) is 4.04. The molecule has 14 heavy (non-hydrogen) atoms. The lowest BCUT2D eigenvalue weighted by atomic mass is 10.2. The van der Waals surface area contributed by atoms with Crippen LogP contribution in [0.3, 0.4) is 0 Å². The van der Waals surface area contributed by atoms with Crippen LogP contribution >= 0.6 is 0 Å². The number of aryl methyl sites for hydroxylation is 2. The van der Waals surface area contributed by atoms with Crippen molar-refractivity contribution in [2.45, 2.75) is 13.8 Å². The molecule has 1 aromatic heterocycles. The molecule has 0 aromatic carbocycles. The summed E-state index contributed by atoms with van der Waals surface area (Å²) in [6, 6.07) is 3.82.